The van der Waals surface area contributed by atoms with Crippen molar-refractivity contribution in [3.05, 3.63) is 23.8 Å². The first-order chi connectivity index (χ1) is 10.6. The van der Waals surface area contributed by atoms with E-state index in [1.54, 1.807) is 32.4 Å². The number of methoxy groups -OCH3 is 2. The second-order valence-electron chi connectivity index (χ2n) is 6.25. The Morgan fingerprint density at radius 2 is 1.86 bits per heavy atom. The molecule has 0 aliphatic carbocycles. The number of carbonyl (C=O) groups is 1. The molecule has 120 valence electrons. The highest BCUT2D eigenvalue weighted by atomic mass is 16.5. The largest absolute Gasteiger partial charge is 0.497 e. The SMILES string of the molecule is COc1ccc(OC)c(C(=O)N(C)C2CC3CCC(C2)N3)c1. The van der Waals surface area contributed by atoms with E-state index in [0.717, 1.165) is 12.8 Å². The maximum absolute atomic E-state index is 12.9. The Bertz CT molecular complexity index is 549. The van der Waals surface area contributed by atoms with Crippen LogP contribution >= 0.6 is 0 Å². The number of ether oxygens (including phenoxy) is 2. The van der Waals surface area contributed by atoms with Gasteiger partial charge < -0.3 is 19.7 Å². The number of hydrogen-bond donors (Lipinski definition) is 1. The molecule has 1 aromatic carbocycles. The summed E-state index contributed by atoms with van der Waals surface area (Å²) >= 11 is 0. The number of rotatable bonds is 4. The predicted octanol–water partition coefficient (Wildman–Crippen LogP) is 2.06. The van der Waals surface area contributed by atoms with Gasteiger partial charge in [0.1, 0.15) is 11.5 Å². The number of amides is 1. The zero-order valence-corrected chi connectivity index (χ0v) is 13.5. The fraction of sp³-hybridized carbons (Fsp3) is 0.588. The highest BCUT2D eigenvalue weighted by molar-refractivity contribution is 5.97. The van der Waals surface area contributed by atoms with Crippen molar-refractivity contribution in [1.82, 2.24) is 10.2 Å². The molecule has 2 aliphatic heterocycles. The lowest BCUT2D eigenvalue weighted by Crippen LogP contribution is -2.48. The van der Waals surface area contributed by atoms with Gasteiger partial charge in [-0.1, -0.05) is 0 Å². The van der Waals surface area contributed by atoms with Crippen molar-refractivity contribution in [1.29, 1.82) is 0 Å². The van der Waals surface area contributed by atoms with E-state index in [-0.39, 0.29) is 5.91 Å². The first kappa shape index (κ1) is 15.2. The molecular weight excluding hydrogens is 280 g/mol. The third-order valence-corrected chi connectivity index (χ3v) is 4.95. The second-order valence-corrected chi connectivity index (χ2v) is 6.25. The lowest BCUT2D eigenvalue weighted by Gasteiger charge is -2.35. The van der Waals surface area contributed by atoms with E-state index >= 15 is 0 Å². The highest BCUT2D eigenvalue weighted by Crippen LogP contribution is 2.31. The van der Waals surface area contributed by atoms with Gasteiger partial charge in [0.2, 0.25) is 0 Å². The average molecular weight is 304 g/mol. The minimum atomic E-state index is 0.00190. The first-order valence-corrected chi connectivity index (χ1v) is 7.87. The average Bonchev–Trinajstić information content (AvgIpc) is 2.90. The van der Waals surface area contributed by atoms with Crippen molar-refractivity contribution in [2.45, 2.75) is 43.8 Å². The standard InChI is InChI=1S/C17H24N2O3/c1-19(13-8-11-4-5-12(9-13)18-11)17(20)15-10-14(21-2)6-7-16(15)22-3/h6-7,10-13,18H,4-5,8-9H2,1-3H3. The number of nitrogens with zero attached hydrogens (tertiary/aromatic N) is 1. The van der Waals surface area contributed by atoms with E-state index < -0.39 is 0 Å². The molecule has 3 rings (SSSR count). The molecule has 0 radical (unpaired) electrons. The van der Waals surface area contributed by atoms with Crippen LogP contribution in [-0.2, 0) is 0 Å². The molecule has 1 amide bonds. The van der Waals surface area contributed by atoms with Crippen molar-refractivity contribution >= 4 is 5.91 Å². The Hall–Kier alpha value is -1.75. The molecule has 2 heterocycles. The third kappa shape index (κ3) is 2.77. The molecule has 0 saturated carbocycles. The Labute approximate surface area is 131 Å². The van der Waals surface area contributed by atoms with Crippen LogP contribution in [0.3, 0.4) is 0 Å². The van der Waals surface area contributed by atoms with E-state index in [0.29, 0.717) is 35.2 Å². The molecule has 0 aromatic heterocycles. The Morgan fingerprint density at radius 3 is 2.45 bits per heavy atom. The van der Waals surface area contributed by atoms with Gasteiger partial charge >= 0.3 is 0 Å². The molecule has 5 nitrogen and oxygen atoms in total. The smallest absolute Gasteiger partial charge is 0.257 e. The molecule has 0 spiro atoms. The molecule has 2 atom stereocenters. The maximum Gasteiger partial charge on any atom is 0.257 e. The molecule has 1 aromatic rings. The molecule has 2 unspecified atom stereocenters. The van der Waals surface area contributed by atoms with Crippen LogP contribution in [0.2, 0.25) is 0 Å². The van der Waals surface area contributed by atoms with Crippen molar-refractivity contribution in [3.8, 4) is 11.5 Å². The summed E-state index contributed by atoms with van der Waals surface area (Å²) in [5.41, 5.74) is 0.565. The quantitative estimate of drug-likeness (QED) is 0.925. The maximum atomic E-state index is 12.9. The Kier molecular flexibility index (Phi) is 4.25. The number of carbonyl (C=O) groups excluding carboxylic acids is 1. The minimum absolute atomic E-state index is 0.00190. The number of fused-ring (bicyclic) bond motifs is 2. The summed E-state index contributed by atoms with van der Waals surface area (Å²) in [4.78, 5) is 14.8. The van der Waals surface area contributed by atoms with E-state index in [9.17, 15) is 4.79 Å². The summed E-state index contributed by atoms with van der Waals surface area (Å²) in [7, 11) is 5.09. The van der Waals surface area contributed by atoms with Gasteiger partial charge in [0, 0.05) is 25.2 Å². The number of nitrogens with one attached hydrogen (secondary N) is 1. The molecule has 2 aliphatic rings. The summed E-state index contributed by atoms with van der Waals surface area (Å²) in [5, 5.41) is 3.61. The first-order valence-electron chi connectivity index (χ1n) is 7.87. The summed E-state index contributed by atoms with van der Waals surface area (Å²) in [6.07, 6.45) is 4.52. The number of piperidine rings is 1. The van der Waals surface area contributed by atoms with Crippen molar-refractivity contribution < 1.29 is 14.3 Å². The minimum Gasteiger partial charge on any atom is -0.497 e. The molecule has 2 bridgehead atoms. The van der Waals surface area contributed by atoms with Crippen LogP contribution < -0.4 is 14.8 Å². The highest BCUT2D eigenvalue weighted by Gasteiger charge is 2.36. The van der Waals surface area contributed by atoms with Crippen LogP contribution in [0.4, 0.5) is 0 Å². The van der Waals surface area contributed by atoms with Crippen LogP contribution in [-0.4, -0.2) is 50.2 Å². The lowest BCUT2D eigenvalue weighted by atomic mass is 9.98. The van der Waals surface area contributed by atoms with E-state index in [1.165, 1.54) is 12.8 Å². The normalized spacial score (nSPS) is 26.6. The van der Waals surface area contributed by atoms with Gasteiger partial charge in [-0.25, -0.2) is 0 Å². The van der Waals surface area contributed by atoms with E-state index in [1.807, 2.05) is 11.9 Å². The van der Waals surface area contributed by atoms with Gasteiger partial charge in [0.05, 0.1) is 19.8 Å². The van der Waals surface area contributed by atoms with Crippen LogP contribution in [0.15, 0.2) is 18.2 Å². The second kappa shape index (κ2) is 6.16. The summed E-state index contributed by atoms with van der Waals surface area (Å²) in [6.45, 7) is 0. The molecule has 1 N–H and O–H groups in total. The number of benzene rings is 1. The zero-order valence-electron chi connectivity index (χ0n) is 13.5. The van der Waals surface area contributed by atoms with Gasteiger partial charge in [-0.05, 0) is 43.9 Å². The van der Waals surface area contributed by atoms with Crippen LogP contribution in [0.5, 0.6) is 11.5 Å². The third-order valence-electron chi connectivity index (χ3n) is 4.95. The van der Waals surface area contributed by atoms with E-state index in [2.05, 4.69) is 5.32 Å². The van der Waals surface area contributed by atoms with Gasteiger partial charge in [-0.3, -0.25) is 4.79 Å². The van der Waals surface area contributed by atoms with Crippen LogP contribution in [0, 0.1) is 0 Å². The topological polar surface area (TPSA) is 50.8 Å². The van der Waals surface area contributed by atoms with Crippen LogP contribution in [0.1, 0.15) is 36.0 Å². The Balaban J connectivity index is 1.80. The predicted molar refractivity (Wildman–Crippen MR) is 84.6 cm³/mol. The molecule has 2 fully saturated rings. The molecule has 5 heteroatoms. The fourth-order valence-electron chi connectivity index (χ4n) is 3.68. The zero-order chi connectivity index (χ0) is 15.7. The molecular formula is C17H24N2O3. The fourth-order valence-corrected chi connectivity index (χ4v) is 3.68. The lowest BCUT2D eigenvalue weighted by molar-refractivity contribution is 0.0678. The summed E-state index contributed by atoms with van der Waals surface area (Å²) < 4.78 is 10.6. The van der Waals surface area contributed by atoms with Crippen molar-refractivity contribution in [3.63, 3.8) is 0 Å². The van der Waals surface area contributed by atoms with Gasteiger partial charge in [-0.2, -0.15) is 0 Å². The van der Waals surface area contributed by atoms with Gasteiger partial charge in [0.25, 0.3) is 5.91 Å². The van der Waals surface area contributed by atoms with E-state index in [4.69, 9.17) is 9.47 Å². The number of hydrogen-bond acceptors (Lipinski definition) is 4. The van der Waals surface area contributed by atoms with Gasteiger partial charge in [0.15, 0.2) is 0 Å². The monoisotopic (exact) mass is 304 g/mol. The molecule has 2 saturated heterocycles. The van der Waals surface area contributed by atoms with Crippen molar-refractivity contribution in [2.24, 2.45) is 0 Å². The van der Waals surface area contributed by atoms with Gasteiger partial charge in [-0.15, -0.1) is 0 Å². The summed E-state index contributed by atoms with van der Waals surface area (Å²) in [6, 6.07) is 6.76. The molecule has 22 heavy (non-hydrogen) atoms. The summed E-state index contributed by atoms with van der Waals surface area (Å²) in [5.74, 6) is 1.26. The van der Waals surface area contributed by atoms with Crippen molar-refractivity contribution in [2.75, 3.05) is 21.3 Å². The van der Waals surface area contributed by atoms with Crippen LogP contribution in [0.25, 0.3) is 0 Å². The Morgan fingerprint density at radius 1 is 1.18 bits per heavy atom.